The standard InChI is InChI=1S/C34H39ClN4O3/c1-34(2)14-13-22(29(16-34)21-3-5-24(35)6-4-21)17-38-26-7-8-27(38)20-37(19-26)25-9-10-28-23(15-25)18-39(33(28)42)30-11-12-31(40)36-32(30)41/h3-6,9-10,15,26-27,30H,7-8,11-14,16-20H2,1-2H3,(H,36,40,41). The third-order valence-corrected chi connectivity index (χ3v) is 10.5. The predicted octanol–water partition coefficient (Wildman–Crippen LogP) is 5.42. The van der Waals surface area contributed by atoms with Gasteiger partial charge in [-0.05, 0) is 91.0 Å². The minimum atomic E-state index is -0.581. The molecule has 1 N–H and O–H groups in total. The van der Waals surface area contributed by atoms with E-state index >= 15 is 0 Å². The molecule has 3 fully saturated rings. The Bertz CT molecular complexity index is 1470. The molecule has 0 spiro atoms. The summed E-state index contributed by atoms with van der Waals surface area (Å²) in [6, 6.07) is 15.0. The Labute approximate surface area is 252 Å². The second-order valence-corrected chi connectivity index (χ2v) is 14.1. The van der Waals surface area contributed by atoms with Crippen molar-refractivity contribution in [2.75, 3.05) is 24.5 Å². The van der Waals surface area contributed by atoms with E-state index in [0.29, 0.717) is 36.0 Å². The van der Waals surface area contributed by atoms with E-state index in [-0.39, 0.29) is 24.1 Å². The van der Waals surface area contributed by atoms with Crippen LogP contribution in [0.1, 0.15) is 80.3 Å². The number of amides is 3. The van der Waals surface area contributed by atoms with Crippen molar-refractivity contribution in [3.63, 3.8) is 0 Å². The first-order valence-corrected chi connectivity index (χ1v) is 15.8. The summed E-state index contributed by atoms with van der Waals surface area (Å²) >= 11 is 6.23. The zero-order valence-corrected chi connectivity index (χ0v) is 25.3. The summed E-state index contributed by atoms with van der Waals surface area (Å²) in [4.78, 5) is 44.1. The highest BCUT2D eigenvalue weighted by Gasteiger charge is 2.42. The number of carbonyl (C=O) groups excluding carboxylic acids is 3. The van der Waals surface area contributed by atoms with Crippen molar-refractivity contribution in [3.8, 4) is 0 Å². The Kier molecular flexibility index (Phi) is 6.93. The van der Waals surface area contributed by atoms with Gasteiger partial charge in [-0.25, -0.2) is 0 Å². The molecule has 0 radical (unpaired) electrons. The molecule has 3 atom stereocenters. The Morgan fingerprint density at radius 2 is 1.69 bits per heavy atom. The van der Waals surface area contributed by atoms with E-state index in [1.54, 1.807) is 10.5 Å². The highest BCUT2D eigenvalue weighted by atomic mass is 35.5. The lowest BCUT2D eigenvalue weighted by molar-refractivity contribution is -0.136. The van der Waals surface area contributed by atoms with Crippen LogP contribution in [0.4, 0.5) is 5.69 Å². The largest absolute Gasteiger partial charge is 0.368 e. The molecule has 2 bridgehead atoms. The van der Waals surface area contributed by atoms with Crippen molar-refractivity contribution in [2.24, 2.45) is 5.41 Å². The SMILES string of the molecule is CC1(C)CCC(CN2C3CCC2CN(c2ccc4c(c2)CN(C2CCC(=O)NC2=O)C4=O)C3)=C(c2ccc(Cl)cc2)C1. The van der Waals surface area contributed by atoms with Gasteiger partial charge in [-0.1, -0.05) is 43.2 Å². The quantitative estimate of drug-likeness (QED) is 0.474. The molecule has 7 nitrogen and oxygen atoms in total. The molecular formula is C34H39ClN4O3. The summed E-state index contributed by atoms with van der Waals surface area (Å²) in [5.74, 6) is -0.742. The number of imide groups is 1. The number of rotatable bonds is 5. The van der Waals surface area contributed by atoms with Crippen LogP contribution in [-0.2, 0) is 16.1 Å². The zero-order chi connectivity index (χ0) is 29.2. The molecule has 220 valence electrons. The van der Waals surface area contributed by atoms with Crippen LogP contribution in [-0.4, -0.2) is 65.3 Å². The van der Waals surface area contributed by atoms with Gasteiger partial charge in [0.2, 0.25) is 11.8 Å². The fraction of sp³-hybridized carbons (Fsp3) is 0.500. The Balaban J connectivity index is 1.07. The van der Waals surface area contributed by atoms with Crippen LogP contribution >= 0.6 is 11.6 Å². The van der Waals surface area contributed by atoms with Crippen molar-refractivity contribution in [1.82, 2.24) is 15.1 Å². The summed E-state index contributed by atoms with van der Waals surface area (Å²) < 4.78 is 0. The minimum absolute atomic E-state index is 0.114. The number of fused-ring (bicyclic) bond motifs is 3. The van der Waals surface area contributed by atoms with Gasteiger partial charge < -0.3 is 9.80 Å². The molecule has 2 aromatic rings. The van der Waals surface area contributed by atoms with Crippen LogP contribution in [0.2, 0.25) is 5.02 Å². The first-order valence-electron chi connectivity index (χ1n) is 15.4. The van der Waals surface area contributed by atoms with Crippen LogP contribution in [0.5, 0.6) is 0 Å². The molecule has 2 aromatic carbocycles. The summed E-state index contributed by atoms with van der Waals surface area (Å²) in [7, 11) is 0. The highest BCUT2D eigenvalue weighted by molar-refractivity contribution is 6.30. The minimum Gasteiger partial charge on any atom is -0.368 e. The molecule has 3 amide bonds. The van der Waals surface area contributed by atoms with Crippen molar-refractivity contribution in [3.05, 3.63) is 69.8 Å². The number of allylic oxidation sites excluding steroid dienone is 1. The van der Waals surface area contributed by atoms with E-state index in [1.807, 2.05) is 18.2 Å². The first kappa shape index (κ1) is 27.7. The smallest absolute Gasteiger partial charge is 0.255 e. The Hall–Kier alpha value is -3.16. The maximum Gasteiger partial charge on any atom is 0.255 e. The number of halogens is 1. The van der Waals surface area contributed by atoms with Crippen LogP contribution in [0.3, 0.4) is 0 Å². The molecule has 3 unspecified atom stereocenters. The highest BCUT2D eigenvalue weighted by Crippen LogP contribution is 2.45. The van der Waals surface area contributed by atoms with E-state index in [2.05, 4.69) is 53.2 Å². The van der Waals surface area contributed by atoms with Gasteiger partial charge in [0.1, 0.15) is 6.04 Å². The Morgan fingerprint density at radius 1 is 0.952 bits per heavy atom. The van der Waals surface area contributed by atoms with Crippen LogP contribution in [0.25, 0.3) is 5.57 Å². The van der Waals surface area contributed by atoms with Gasteiger partial charge in [0.05, 0.1) is 0 Å². The normalized spacial score (nSPS) is 27.5. The predicted molar refractivity (Wildman–Crippen MR) is 164 cm³/mol. The maximum absolute atomic E-state index is 13.2. The summed E-state index contributed by atoms with van der Waals surface area (Å²) in [6.45, 7) is 8.19. The molecule has 4 aliphatic heterocycles. The fourth-order valence-corrected chi connectivity index (χ4v) is 8.03. The number of carbonyl (C=O) groups is 3. The lowest BCUT2D eigenvalue weighted by Gasteiger charge is -2.44. The van der Waals surface area contributed by atoms with Crippen LogP contribution in [0.15, 0.2) is 48.0 Å². The Morgan fingerprint density at radius 3 is 2.40 bits per heavy atom. The van der Waals surface area contributed by atoms with E-state index < -0.39 is 6.04 Å². The van der Waals surface area contributed by atoms with Crippen molar-refractivity contribution in [2.45, 2.75) is 83.5 Å². The van der Waals surface area contributed by atoms with Gasteiger partial charge in [0, 0.05) is 61.0 Å². The third-order valence-electron chi connectivity index (χ3n) is 10.3. The lowest BCUT2D eigenvalue weighted by Crippen LogP contribution is -2.54. The monoisotopic (exact) mass is 586 g/mol. The van der Waals surface area contributed by atoms with Crippen molar-refractivity contribution in [1.29, 1.82) is 0 Å². The molecule has 7 rings (SSSR count). The number of piperidine rings is 1. The van der Waals surface area contributed by atoms with Gasteiger partial charge in [-0.15, -0.1) is 0 Å². The van der Waals surface area contributed by atoms with Gasteiger partial charge in [0.15, 0.2) is 0 Å². The molecule has 5 aliphatic rings. The first-order chi connectivity index (χ1) is 20.1. The summed E-state index contributed by atoms with van der Waals surface area (Å²) in [6.07, 6.45) is 6.54. The number of hydrogen-bond acceptors (Lipinski definition) is 5. The average molecular weight is 587 g/mol. The molecular weight excluding hydrogens is 548 g/mol. The fourth-order valence-electron chi connectivity index (χ4n) is 7.90. The lowest BCUT2D eigenvalue weighted by atomic mass is 9.72. The van der Waals surface area contributed by atoms with Gasteiger partial charge in [0.25, 0.3) is 5.91 Å². The number of anilines is 1. The average Bonchev–Trinajstić information content (AvgIpc) is 3.39. The topological polar surface area (TPSA) is 73.0 Å². The number of nitrogens with one attached hydrogen (secondary N) is 1. The molecule has 4 heterocycles. The molecule has 3 saturated heterocycles. The van der Waals surface area contributed by atoms with E-state index in [4.69, 9.17) is 11.6 Å². The van der Waals surface area contributed by atoms with Gasteiger partial charge in [-0.3, -0.25) is 24.6 Å². The van der Waals surface area contributed by atoms with E-state index in [9.17, 15) is 14.4 Å². The van der Waals surface area contributed by atoms with E-state index in [0.717, 1.165) is 48.7 Å². The maximum atomic E-state index is 13.2. The number of hydrogen-bond donors (Lipinski definition) is 1. The molecule has 0 aromatic heterocycles. The molecule has 42 heavy (non-hydrogen) atoms. The zero-order valence-electron chi connectivity index (χ0n) is 24.5. The summed E-state index contributed by atoms with van der Waals surface area (Å²) in [5.41, 5.74) is 7.52. The van der Waals surface area contributed by atoms with Gasteiger partial charge >= 0.3 is 0 Å². The van der Waals surface area contributed by atoms with Crippen LogP contribution in [0, 0.1) is 5.41 Å². The number of benzene rings is 2. The number of piperazine rings is 1. The van der Waals surface area contributed by atoms with Crippen molar-refractivity contribution < 1.29 is 14.4 Å². The number of nitrogens with zero attached hydrogens (tertiary/aromatic N) is 3. The second-order valence-electron chi connectivity index (χ2n) is 13.6. The second kappa shape index (κ2) is 10.5. The van der Waals surface area contributed by atoms with Crippen molar-refractivity contribution >= 4 is 40.6 Å². The van der Waals surface area contributed by atoms with Crippen LogP contribution < -0.4 is 10.2 Å². The third kappa shape index (κ3) is 5.05. The van der Waals surface area contributed by atoms with Gasteiger partial charge in [-0.2, -0.15) is 0 Å². The van der Waals surface area contributed by atoms with E-state index in [1.165, 1.54) is 30.4 Å². The molecule has 0 saturated carbocycles. The molecule has 8 heteroatoms. The summed E-state index contributed by atoms with van der Waals surface area (Å²) in [5, 5.41) is 3.17. The molecule has 1 aliphatic carbocycles.